The Morgan fingerprint density at radius 3 is 2.58 bits per heavy atom. The number of carbonyl (C=O) groups excluding carboxylic acids is 2. The van der Waals surface area contributed by atoms with Gasteiger partial charge in [0, 0.05) is 18.8 Å². The molecule has 0 radical (unpaired) electrons. The number of hydrogen-bond donors (Lipinski definition) is 2. The Morgan fingerprint density at radius 1 is 1.14 bits per heavy atom. The molecule has 1 aromatic heterocycles. The molecule has 1 saturated heterocycles. The lowest BCUT2D eigenvalue weighted by molar-refractivity contribution is -0.199. The second-order valence-electron chi connectivity index (χ2n) is 11.2. The van der Waals surface area contributed by atoms with Crippen molar-refractivity contribution in [3.63, 3.8) is 0 Å². The number of aromatic nitrogens is 2. The van der Waals surface area contributed by atoms with Crippen molar-refractivity contribution in [3.05, 3.63) is 60.2 Å². The number of nitrogens with one attached hydrogen (secondary N) is 2. The maximum Gasteiger partial charge on any atom is 0.481 e. The Kier molecular flexibility index (Phi) is 6.64. The van der Waals surface area contributed by atoms with Gasteiger partial charge in [0.2, 0.25) is 5.91 Å². The molecule has 4 fully saturated rings. The molecule has 1 aromatic carbocycles. The van der Waals surface area contributed by atoms with Crippen molar-refractivity contribution < 1.29 is 18.9 Å². The summed E-state index contributed by atoms with van der Waals surface area (Å²) in [6.07, 6.45) is 7.54. The Labute approximate surface area is 213 Å². The van der Waals surface area contributed by atoms with Crippen molar-refractivity contribution in [1.82, 2.24) is 20.6 Å². The van der Waals surface area contributed by atoms with Crippen LogP contribution in [0.25, 0.3) is 0 Å². The van der Waals surface area contributed by atoms with Gasteiger partial charge in [-0.1, -0.05) is 51.1 Å². The summed E-state index contributed by atoms with van der Waals surface area (Å²) >= 11 is 0. The minimum Gasteiger partial charge on any atom is -0.404 e. The molecule has 0 unspecified atom stereocenters. The van der Waals surface area contributed by atoms with Gasteiger partial charge in [0.05, 0.1) is 23.8 Å². The normalized spacial score (nSPS) is 29.4. The van der Waals surface area contributed by atoms with Gasteiger partial charge >= 0.3 is 7.12 Å². The van der Waals surface area contributed by atoms with Crippen molar-refractivity contribution in [1.29, 1.82) is 0 Å². The van der Waals surface area contributed by atoms with E-state index in [-0.39, 0.29) is 34.7 Å². The quantitative estimate of drug-likeness (QED) is 0.552. The standard InChI is InChI=1S/C27H35BN4O4/c1-5-23(28-35-22-15-18-14-21(26(18,2)3)27(22,4)36-28)32-24(33)19(13-17-9-7-6-8-10-17)31-25(34)20-16-29-11-12-30-20/h6-12,16,18-19,21-23H,5,13-15H2,1-4H3,(H,31,34)(H,32,33)/t18-,19-,21-,22+,23-,27-/m0/s1. The average Bonchev–Trinajstić information content (AvgIpc) is 3.24. The van der Waals surface area contributed by atoms with E-state index >= 15 is 0 Å². The van der Waals surface area contributed by atoms with E-state index in [4.69, 9.17) is 9.31 Å². The molecule has 2 amide bonds. The number of carbonyl (C=O) groups is 2. The largest absolute Gasteiger partial charge is 0.481 e. The summed E-state index contributed by atoms with van der Waals surface area (Å²) in [6.45, 7) is 8.84. The topological polar surface area (TPSA) is 102 Å². The minimum atomic E-state index is -0.790. The zero-order valence-corrected chi connectivity index (χ0v) is 21.4. The molecule has 6 atom stereocenters. The van der Waals surface area contributed by atoms with Gasteiger partial charge in [0.25, 0.3) is 5.91 Å². The summed E-state index contributed by atoms with van der Waals surface area (Å²) in [6, 6.07) is 8.84. The molecule has 8 nitrogen and oxygen atoms in total. The van der Waals surface area contributed by atoms with Crippen LogP contribution in [0.4, 0.5) is 0 Å². The van der Waals surface area contributed by atoms with E-state index in [0.717, 1.165) is 12.0 Å². The van der Waals surface area contributed by atoms with Crippen LogP contribution in [-0.4, -0.2) is 52.6 Å². The van der Waals surface area contributed by atoms with Gasteiger partial charge in [-0.3, -0.25) is 14.6 Å². The fraction of sp³-hybridized carbons (Fsp3) is 0.556. The highest BCUT2D eigenvalue weighted by atomic mass is 16.7. The minimum absolute atomic E-state index is 0.0432. The zero-order chi connectivity index (χ0) is 25.5. The first-order valence-corrected chi connectivity index (χ1v) is 13.0. The van der Waals surface area contributed by atoms with Crippen molar-refractivity contribution in [3.8, 4) is 0 Å². The van der Waals surface area contributed by atoms with Gasteiger partial charge in [-0.25, -0.2) is 4.98 Å². The zero-order valence-electron chi connectivity index (χ0n) is 21.4. The van der Waals surface area contributed by atoms with E-state index in [1.54, 1.807) is 0 Å². The second-order valence-corrected chi connectivity index (χ2v) is 11.2. The molecule has 2 bridgehead atoms. The Balaban J connectivity index is 1.30. The van der Waals surface area contributed by atoms with Crippen molar-refractivity contribution in [2.75, 3.05) is 0 Å². The van der Waals surface area contributed by atoms with Crippen molar-refractivity contribution >= 4 is 18.9 Å². The maximum absolute atomic E-state index is 13.5. The maximum atomic E-state index is 13.5. The summed E-state index contributed by atoms with van der Waals surface area (Å²) in [7, 11) is -0.517. The van der Waals surface area contributed by atoms with Crippen LogP contribution in [0.2, 0.25) is 0 Å². The highest BCUT2D eigenvalue weighted by Gasteiger charge is 2.68. The smallest absolute Gasteiger partial charge is 0.404 e. The molecule has 3 saturated carbocycles. The molecule has 9 heteroatoms. The summed E-state index contributed by atoms with van der Waals surface area (Å²) in [5.74, 6) is 0.0565. The molecule has 190 valence electrons. The second kappa shape index (κ2) is 9.59. The molecule has 1 aliphatic heterocycles. The van der Waals surface area contributed by atoms with Crippen LogP contribution in [-0.2, 0) is 20.5 Å². The van der Waals surface area contributed by atoms with Gasteiger partial charge in [-0.05, 0) is 49.0 Å². The number of hydrogen-bond acceptors (Lipinski definition) is 6. The first kappa shape index (κ1) is 24.9. The Bertz CT molecular complexity index is 1100. The molecule has 0 spiro atoms. The van der Waals surface area contributed by atoms with Gasteiger partial charge in [0.15, 0.2) is 0 Å². The lowest BCUT2D eigenvalue weighted by atomic mass is 9.43. The summed E-state index contributed by atoms with van der Waals surface area (Å²) in [4.78, 5) is 34.4. The average molecular weight is 490 g/mol. The predicted octanol–water partition coefficient (Wildman–Crippen LogP) is 2.98. The lowest BCUT2D eigenvalue weighted by Gasteiger charge is -2.64. The van der Waals surface area contributed by atoms with E-state index in [1.165, 1.54) is 25.0 Å². The SMILES string of the molecule is CC[C@H](NC(=O)[C@H](Cc1ccccc1)NC(=O)c1cnccn1)B1O[C@@H]2C[C@@H]3C[C@@H](C3(C)C)[C@]2(C)O1. The molecule has 4 aliphatic rings. The Hall–Kier alpha value is -2.78. The molecule has 3 aliphatic carbocycles. The first-order valence-electron chi connectivity index (χ1n) is 13.0. The molecule has 6 rings (SSSR count). The van der Waals surface area contributed by atoms with Crippen LogP contribution in [0.5, 0.6) is 0 Å². The van der Waals surface area contributed by atoms with Crippen LogP contribution in [0.1, 0.15) is 63.0 Å². The van der Waals surface area contributed by atoms with Crippen molar-refractivity contribution in [2.45, 2.75) is 77.1 Å². The van der Waals surface area contributed by atoms with Crippen LogP contribution in [0, 0.1) is 17.3 Å². The highest BCUT2D eigenvalue weighted by Crippen LogP contribution is 2.65. The van der Waals surface area contributed by atoms with Gasteiger partial charge in [-0.15, -0.1) is 0 Å². The van der Waals surface area contributed by atoms with Crippen LogP contribution in [0.3, 0.4) is 0 Å². The van der Waals surface area contributed by atoms with Gasteiger partial charge < -0.3 is 19.9 Å². The monoisotopic (exact) mass is 490 g/mol. The fourth-order valence-electron chi connectivity index (χ4n) is 6.42. The number of rotatable bonds is 8. The van der Waals surface area contributed by atoms with E-state index in [0.29, 0.717) is 24.7 Å². The number of benzene rings is 1. The predicted molar refractivity (Wildman–Crippen MR) is 136 cm³/mol. The van der Waals surface area contributed by atoms with E-state index in [2.05, 4.69) is 41.4 Å². The van der Waals surface area contributed by atoms with Crippen LogP contribution in [0.15, 0.2) is 48.9 Å². The lowest BCUT2D eigenvalue weighted by Crippen LogP contribution is -2.65. The number of amides is 2. The molecular formula is C27H35BN4O4. The first-order chi connectivity index (χ1) is 17.2. The van der Waals surface area contributed by atoms with Crippen molar-refractivity contribution in [2.24, 2.45) is 17.3 Å². The third-order valence-electron chi connectivity index (χ3n) is 8.77. The molecule has 36 heavy (non-hydrogen) atoms. The third kappa shape index (κ3) is 4.43. The molecule has 2 heterocycles. The summed E-state index contributed by atoms with van der Waals surface area (Å²) in [5, 5.41) is 5.97. The van der Waals surface area contributed by atoms with E-state index < -0.39 is 19.1 Å². The Morgan fingerprint density at radius 2 is 1.92 bits per heavy atom. The van der Waals surface area contributed by atoms with E-state index in [9.17, 15) is 9.59 Å². The van der Waals surface area contributed by atoms with Crippen LogP contribution >= 0.6 is 0 Å². The molecule has 2 aromatic rings. The summed E-state index contributed by atoms with van der Waals surface area (Å²) in [5.41, 5.74) is 1.01. The van der Waals surface area contributed by atoms with Gasteiger partial charge in [0.1, 0.15) is 11.7 Å². The fourth-order valence-corrected chi connectivity index (χ4v) is 6.42. The van der Waals surface area contributed by atoms with Gasteiger partial charge in [-0.2, -0.15) is 0 Å². The molecule has 2 N–H and O–H groups in total. The third-order valence-corrected chi connectivity index (χ3v) is 8.77. The van der Waals surface area contributed by atoms with E-state index in [1.807, 2.05) is 37.3 Å². The highest BCUT2D eigenvalue weighted by molar-refractivity contribution is 6.47. The molecular weight excluding hydrogens is 455 g/mol. The number of nitrogens with zero attached hydrogens (tertiary/aromatic N) is 2. The van der Waals surface area contributed by atoms with Crippen LogP contribution < -0.4 is 10.6 Å². The summed E-state index contributed by atoms with van der Waals surface area (Å²) < 4.78 is 13.0.